The Hall–Kier alpha value is -1.72. The summed E-state index contributed by atoms with van der Waals surface area (Å²) in [4.78, 5) is 6.35. The van der Waals surface area contributed by atoms with E-state index in [1.807, 2.05) is 24.0 Å². The molecule has 0 radical (unpaired) electrons. The van der Waals surface area contributed by atoms with Crippen LogP contribution < -0.4 is 0 Å². The Kier molecular flexibility index (Phi) is 5.26. The first-order valence-corrected chi connectivity index (χ1v) is 6.96. The highest BCUT2D eigenvalue weighted by atomic mass is 16.3. The van der Waals surface area contributed by atoms with Crippen molar-refractivity contribution in [1.29, 1.82) is 0 Å². The molecule has 2 aromatic rings. The van der Waals surface area contributed by atoms with Crippen molar-refractivity contribution in [2.45, 2.75) is 26.4 Å². The molecular weight excluding hydrogens is 252 g/mol. The normalized spacial score (nSPS) is 11.2. The van der Waals surface area contributed by atoms with Crippen molar-refractivity contribution in [3.8, 4) is 0 Å². The molecule has 5 heteroatoms. The second kappa shape index (κ2) is 7.17. The summed E-state index contributed by atoms with van der Waals surface area (Å²) in [7, 11) is 1.94. The number of pyridine rings is 1. The van der Waals surface area contributed by atoms with Crippen molar-refractivity contribution in [3.63, 3.8) is 0 Å². The van der Waals surface area contributed by atoms with E-state index in [0.29, 0.717) is 6.54 Å². The fraction of sp³-hybridized carbons (Fsp3) is 0.467. The lowest BCUT2D eigenvalue weighted by atomic mass is 10.2. The van der Waals surface area contributed by atoms with E-state index in [9.17, 15) is 5.11 Å². The SMILES string of the molecule is CCc1nn(C)cc1CN(CCO)Cc1cccnc1. The molecule has 0 aliphatic heterocycles. The van der Waals surface area contributed by atoms with Gasteiger partial charge in [0.2, 0.25) is 0 Å². The molecule has 0 saturated heterocycles. The molecular formula is C15H22N4O. The van der Waals surface area contributed by atoms with Gasteiger partial charge in [-0.15, -0.1) is 0 Å². The van der Waals surface area contributed by atoms with Gasteiger partial charge in [-0.2, -0.15) is 5.10 Å². The minimum Gasteiger partial charge on any atom is -0.395 e. The Morgan fingerprint density at radius 3 is 2.85 bits per heavy atom. The van der Waals surface area contributed by atoms with Crippen molar-refractivity contribution in [3.05, 3.63) is 47.5 Å². The van der Waals surface area contributed by atoms with Crippen LogP contribution in [0.4, 0.5) is 0 Å². The van der Waals surface area contributed by atoms with E-state index in [0.717, 1.165) is 30.8 Å². The van der Waals surface area contributed by atoms with Gasteiger partial charge in [0.05, 0.1) is 12.3 Å². The van der Waals surface area contributed by atoms with E-state index in [4.69, 9.17) is 0 Å². The van der Waals surface area contributed by atoms with Gasteiger partial charge in [0.1, 0.15) is 0 Å². The van der Waals surface area contributed by atoms with Crippen LogP contribution in [0.25, 0.3) is 0 Å². The molecule has 2 aromatic heterocycles. The molecule has 0 spiro atoms. The van der Waals surface area contributed by atoms with E-state index in [2.05, 4.69) is 34.2 Å². The van der Waals surface area contributed by atoms with Gasteiger partial charge >= 0.3 is 0 Å². The second-order valence-electron chi connectivity index (χ2n) is 4.92. The first kappa shape index (κ1) is 14.7. The van der Waals surface area contributed by atoms with Crippen LogP contribution >= 0.6 is 0 Å². The van der Waals surface area contributed by atoms with Crippen molar-refractivity contribution >= 4 is 0 Å². The third-order valence-corrected chi connectivity index (χ3v) is 3.27. The number of hydrogen-bond donors (Lipinski definition) is 1. The molecule has 5 nitrogen and oxygen atoms in total. The molecule has 0 atom stereocenters. The highest BCUT2D eigenvalue weighted by Crippen LogP contribution is 2.13. The van der Waals surface area contributed by atoms with Gasteiger partial charge in [0, 0.05) is 50.8 Å². The van der Waals surface area contributed by atoms with Crippen LogP contribution in [0, 0.1) is 0 Å². The van der Waals surface area contributed by atoms with Gasteiger partial charge < -0.3 is 5.11 Å². The van der Waals surface area contributed by atoms with Crippen molar-refractivity contribution in [2.24, 2.45) is 7.05 Å². The fourth-order valence-corrected chi connectivity index (χ4v) is 2.36. The maximum absolute atomic E-state index is 9.25. The number of rotatable bonds is 7. The zero-order valence-electron chi connectivity index (χ0n) is 12.2. The predicted octanol–water partition coefficient (Wildman–Crippen LogP) is 1.37. The maximum atomic E-state index is 9.25. The summed E-state index contributed by atoms with van der Waals surface area (Å²) in [6, 6.07) is 4.00. The van der Waals surface area contributed by atoms with Gasteiger partial charge in [0.15, 0.2) is 0 Å². The second-order valence-corrected chi connectivity index (χ2v) is 4.92. The molecule has 1 N–H and O–H groups in total. The quantitative estimate of drug-likeness (QED) is 0.828. The smallest absolute Gasteiger partial charge is 0.0666 e. The minimum absolute atomic E-state index is 0.155. The Morgan fingerprint density at radius 1 is 1.35 bits per heavy atom. The molecule has 0 unspecified atom stereocenters. The zero-order chi connectivity index (χ0) is 14.4. The third-order valence-electron chi connectivity index (χ3n) is 3.27. The average Bonchev–Trinajstić information content (AvgIpc) is 2.80. The van der Waals surface area contributed by atoms with Gasteiger partial charge in [0.25, 0.3) is 0 Å². The molecule has 108 valence electrons. The molecule has 0 aromatic carbocycles. The molecule has 0 saturated carbocycles. The number of aliphatic hydroxyl groups is 1. The van der Waals surface area contributed by atoms with Gasteiger partial charge in [-0.3, -0.25) is 14.6 Å². The highest BCUT2D eigenvalue weighted by Gasteiger charge is 2.12. The summed E-state index contributed by atoms with van der Waals surface area (Å²) in [6.45, 7) is 4.50. The topological polar surface area (TPSA) is 54.2 Å². The van der Waals surface area contributed by atoms with Gasteiger partial charge in [-0.25, -0.2) is 0 Å². The first-order valence-electron chi connectivity index (χ1n) is 6.96. The summed E-state index contributed by atoms with van der Waals surface area (Å²) in [5.41, 5.74) is 3.51. The highest BCUT2D eigenvalue weighted by molar-refractivity contribution is 5.17. The van der Waals surface area contributed by atoms with Gasteiger partial charge in [-0.1, -0.05) is 13.0 Å². The van der Waals surface area contributed by atoms with Crippen LogP contribution in [0.3, 0.4) is 0 Å². The molecule has 0 aliphatic rings. The van der Waals surface area contributed by atoms with Crippen molar-refractivity contribution < 1.29 is 5.11 Å². The lowest BCUT2D eigenvalue weighted by Gasteiger charge is -2.21. The Bertz CT molecular complexity index is 524. The van der Waals surface area contributed by atoms with E-state index < -0.39 is 0 Å². The molecule has 0 aliphatic carbocycles. The average molecular weight is 274 g/mol. The number of aliphatic hydroxyl groups excluding tert-OH is 1. The van der Waals surface area contributed by atoms with Crippen LogP contribution in [0.15, 0.2) is 30.7 Å². The molecule has 20 heavy (non-hydrogen) atoms. The first-order chi connectivity index (χ1) is 9.72. The molecule has 2 heterocycles. The van der Waals surface area contributed by atoms with Crippen molar-refractivity contribution in [1.82, 2.24) is 19.7 Å². The largest absolute Gasteiger partial charge is 0.395 e. The van der Waals surface area contributed by atoms with E-state index in [1.165, 1.54) is 5.56 Å². The Labute approximate surface area is 119 Å². The number of hydrogen-bond acceptors (Lipinski definition) is 4. The number of nitrogens with zero attached hydrogens (tertiary/aromatic N) is 4. The van der Waals surface area contributed by atoms with Crippen LogP contribution in [0.1, 0.15) is 23.7 Å². The predicted molar refractivity (Wildman–Crippen MR) is 78.0 cm³/mol. The van der Waals surface area contributed by atoms with Crippen LogP contribution in [0.2, 0.25) is 0 Å². The zero-order valence-corrected chi connectivity index (χ0v) is 12.2. The van der Waals surface area contributed by atoms with Gasteiger partial charge in [-0.05, 0) is 18.1 Å². The standard InChI is InChI=1S/C15H22N4O/c1-3-15-14(11-18(2)17-15)12-19(7-8-20)10-13-5-4-6-16-9-13/h4-6,9,11,20H,3,7-8,10,12H2,1-2H3. The monoisotopic (exact) mass is 274 g/mol. The van der Waals surface area contributed by atoms with E-state index in [1.54, 1.807) is 6.20 Å². The lowest BCUT2D eigenvalue weighted by molar-refractivity contribution is 0.184. The van der Waals surface area contributed by atoms with E-state index in [-0.39, 0.29) is 6.61 Å². The summed E-state index contributed by atoms with van der Waals surface area (Å²) in [5.74, 6) is 0. The van der Waals surface area contributed by atoms with Crippen LogP contribution in [0.5, 0.6) is 0 Å². The molecule has 2 rings (SSSR count). The molecule has 0 amide bonds. The Morgan fingerprint density at radius 2 is 2.20 bits per heavy atom. The summed E-state index contributed by atoms with van der Waals surface area (Å²) in [6.07, 6.45) is 6.63. The third kappa shape index (κ3) is 3.88. The number of aromatic nitrogens is 3. The molecule has 0 fully saturated rings. The summed E-state index contributed by atoms with van der Waals surface area (Å²) in [5, 5.41) is 13.7. The van der Waals surface area contributed by atoms with Crippen LogP contribution in [-0.4, -0.2) is 37.9 Å². The fourth-order valence-electron chi connectivity index (χ4n) is 2.36. The maximum Gasteiger partial charge on any atom is 0.0666 e. The minimum atomic E-state index is 0.155. The molecule has 0 bridgehead atoms. The van der Waals surface area contributed by atoms with Crippen molar-refractivity contribution in [2.75, 3.05) is 13.2 Å². The summed E-state index contributed by atoms with van der Waals surface area (Å²) < 4.78 is 1.86. The number of aryl methyl sites for hydroxylation is 2. The lowest BCUT2D eigenvalue weighted by Crippen LogP contribution is -2.26. The van der Waals surface area contributed by atoms with Crippen LogP contribution in [-0.2, 0) is 26.6 Å². The Balaban J connectivity index is 2.08. The van der Waals surface area contributed by atoms with E-state index >= 15 is 0 Å². The summed E-state index contributed by atoms with van der Waals surface area (Å²) >= 11 is 0.